The molecule has 1 heterocycles. The number of hydrogen-bond donors (Lipinski definition) is 2. The minimum absolute atomic E-state index is 0.175. The molecule has 0 aromatic carbocycles. The summed E-state index contributed by atoms with van der Waals surface area (Å²) in [5, 5.41) is 19.2. The molecule has 2 N–H and O–H groups in total. The summed E-state index contributed by atoms with van der Waals surface area (Å²) in [6.45, 7) is 2.39. The fraction of sp³-hybridized carbons (Fsp3) is 0.917. The Morgan fingerprint density at radius 2 is 2.25 bits per heavy atom. The van der Waals surface area contributed by atoms with Gasteiger partial charge in [0.1, 0.15) is 0 Å². The Balaban J connectivity index is 2.16. The van der Waals surface area contributed by atoms with Gasteiger partial charge in [-0.1, -0.05) is 6.92 Å². The van der Waals surface area contributed by atoms with Crippen LogP contribution >= 0.6 is 0 Å². The van der Waals surface area contributed by atoms with E-state index in [-0.39, 0.29) is 6.10 Å². The number of aliphatic hydroxyl groups is 1. The van der Waals surface area contributed by atoms with E-state index in [9.17, 15) is 15.0 Å². The maximum Gasteiger partial charge on any atom is 0.312 e. The molecule has 0 amide bonds. The van der Waals surface area contributed by atoms with E-state index in [2.05, 4.69) is 0 Å². The number of ether oxygens (including phenoxy) is 1. The molecule has 2 aliphatic rings. The third-order valence-corrected chi connectivity index (χ3v) is 3.94. The van der Waals surface area contributed by atoms with Gasteiger partial charge in [-0.2, -0.15) is 0 Å². The van der Waals surface area contributed by atoms with Crippen molar-refractivity contribution < 1.29 is 19.7 Å². The Bertz CT molecular complexity index is 274. The number of aliphatic hydroxyl groups excluding tert-OH is 1. The molecule has 0 aromatic heterocycles. The molecule has 3 atom stereocenters. The van der Waals surface area contributed by atoms with Crippen LogP contribution in [0.2, 0.25) is 0 Å². The molecule has 1 aliphatic carbocycles. The topological polar surface area (TPSA) is 66.8 Å². The smallest absolute Gasteiger partial charge is 0.312 e. The number of carboxylic acid groups (broad SMARTS) is 1. The van der Waals surface area contributed by atoms with E-state index < -0.39 is 17.5 Å². The summed E-state index contributed by atoms with van der Waals surface area (Å²) in [4.78, 5) is 11.5. The van der Waals surface area contributed by atoms with Gasteiger partial charge in [-0.15, -0.1) is 0 Å². The molecular formula is C12H20O4. The van der Waals surface area contributed by atoms with Crippen molar-refractivity contribution in [3.8, 4) is 0 Å². The predicted molar refractivity (Wildman–Crippen MR) is 58.1 cm³/mol. The summed E-state index contributed by atoms with van der Waals surface area (Å²) >= 11 is 0. The minimum Gasteiger partial charge on any atom is -0.481 e. The third-order valence-electron chi connectivity index (χ3n) is 3.94. The van der Waals surface area contributed by atoms with Crippen molar-refractivity contribution in [3.05, 3.63) is 0 Å². The first-order chi connectivity index (χ1) is 7.60. The van der Waals surface area contributed by atoms with Crippen LogP contribution in [0.15, 0.2) is 0 Å². The Morgan fingerprint density at radius 1 is 1.56 bits per heavy atom. The number of rotatable bonds is 5. The number of carboxylic acids is 1. The second-order valence-electron chi connectivity index (χ2n) is 5.11. The van der Waals surface area contributed by atoms with Gasteiger partial charge in [-0.25, -0.2) is 0 Å². The van der Waals surface area contributed by atoms with Crippen LogP contribution in [0.25, 0.3) is 0 Å². The van der Waals surface area contributed by atoms with Gasteiger partial charge in [0.2, 0.25) is 0 Å². The molecule has 1 saturated heterocycles. The van der Waals surface area contributed by atoms with Crippen LogP contribution in [0.4, 0.5) is 0 Å². The van der Waals surface area contributed by atoms with Crippen molar-refractivity contribution >= 4 is 5.97 Å². The van der Waals surface area contributed by atoms with Gasteiger partial charge in [-0.05, 0) is 38.0 Å². The van der Waals surface area contributed by atoms with Crippen molar-refractivity contribution in [2.75, 3.05) is 6.61 Å². The van der Waals surface area contributed by atoms with Crippen LogP contribution in [0, 0.1) is 11.3 Å². The predicted octanol–water partition coefficient (Wildman–Crippen LogP) is 1.42. The SMILES string of the molecule is CCC(O)CC1(C(=O)O)CCOC1C1CC1. The first-order valence-corrected chi connectivity index (χ1v) is 6.13. The normalized spacial score (nSPS) is 36.2. The molecular weight excluding hydrogens is 208 g/mol. The highest BCUT2D eigenvalue weighted by atomic mass is 16.5. The van der Waals surface area contributed by atoms with Crippen LogP contribution < -0.4 is 0 Å². The molecule has 0 bridgehead atoms. The number of carbonyl (C=O) groups is 1. The van der Waals surface area contributed by atoms with Gasteiger partial charge in [0.25, 0.3) is 0 Å². The summed E-state index contributed by atoms with van der Waals surface area (Å²) in [7, 11) is 0. The molecule has 1 aliphatic heterocycles. The molecule has 4 heteroatoms. The monoisotopic (exact) mass is 228 g/mol. The molecule has 0 aromatic rings. The quantitative estimate of drug-likeness (QED) is 0.746. The van der Waals surface area contributed by atoms with Crippen LogP contribution in [-0.4, -0.2) is 35.0 Å². The summed E-state index contributed by atoms with van der Waals surface area (Å²) in [5.41, 5.74) is -0.837. The molecule has 2 rings (SSSR count). The maximum atomic E-state index is 11.5. The maximum absolute atomic E-state index is 11.5. The Labute approximate surface area is 95.6 Å². The fourth-order valence-corrected chi connectivity index (χ4v) is 2.75. The molecule has 4 nitrogen and oxygen atoms in total. The molecule has 3 unspecified atom stereocenters. The van der Waals surface area contributed by atoms with E-state index >= 15 is 0 Å². The van der Waals surface area contributed by atoms with Crippen LogP contribution in [-0.2, 0) is 9.53 Å². The second-order valence-corrected chi connectivity index (χ2v) is 5.11. The lowest BCUT2D eigenvalue weighted by Gasteiger charge is -2.31. The zero-order valence-corrected chi connectivity index (χ0v) is 9.69. The minimum atomic E-state index is -0.837. The van der Waals surface area contributed by atoms with E-state index in [0.717, 1.165) is 12.8 Å². The van der Waals surface area contributed by atoms with E-state index in [1.54, 1.807) is 0 Å². The highest BCUT2D eigenvalue weighted by Crippen LogP contribution is 2.50. The molecule has 1 saturated carbocycles. The second kappa shape index (κ2) is 4.34. The summed E-state index contributed by atoms with van der Waals surface area (Å²) in [6, 6.07) is 0. The van der Waals surface area contributed by atoms with Crippen molar-refractivity contribution in [2.45, 2.75) is 51.2 Å². The van der Waals surface area contributed by atoms with Crippen molar-refractivity contribution in [1.82, 2.24) is 0 Å². The Hall–Kier alpha value is -0.610. The average molecular weight is 228 g/mol. The zero-order valence-electron chi connectivity index (χ0n) is 9.69. The lowest BCUT2D eigenvalue weighted by Crippen LogP contribution is -2.42. The summed E-state index contributed by atoms with van der Waals surface area (Å²) < 4.78 is 5.61. The van der Waals surface area contributed by atoms with Gasteiger partial charge in [0, 0.05) is 6.61 Å². The highest BCUT2D eigenvalue weighted by Gasteiger charge is 2.56. The Kier molecular flexibility index (Phi) is 3.22. The molecule has 0 spiro atoms. The number of aliphatic carboxylic acids is 1. The lowest BCUT2D eigenvalue weighted by molar-refractivity contribution is -0.156. The Morgan fingerprint density at radius 3 is 2.75 bits per heavy atom. The third kappa shape index (κ3) is 1.96. The van der Waals surface area contributed by atoms with E-state index in [1.807, 2.05) is 6.92 Å². The van der Waals surface area contributed by atoms with Crippen molar-refractivity contribution in [3.63, 3.8) is 0 Å². The van der Waals surface area contributed by atoms with E-state index in [4.69, 9.17) is 4.74 Å². The van der Waals surface area contributed by atoms with Gasteiger partial charge in [0.05, 0.1) is 17.6 Å². The molecule has 0 radical (unpaired) electrons. The van der Waals surface area contributed by atoms with E-state index in [0.29, 0.717) is 31.8 Å². The van der Waals surface area contributed by atoms with Gasteiger partial charge < -0.3 is 14.9 Å². The van der Waals surface area contributed by atoms with Gasteiger partial charge in [-0.3, -0.25) is 4.79 Å². The van der Waals surface area contributed by atoms with Crippen LogP contribution in [0.3, 0.4) is 0 Å². The van der Waals surface area contributed by atoms with Gasteiger partial charge in [0.15, 0.2) is 0 Å². The van der Waals surface area contributed by atoms with E-state index in [1.165, 1.54) is 0 Å². The first-order valence-electron chi connectivity index (χ1n) is 6.13. The largest absolute Gasteiger partial charge is 0.481 e. The summed E-state index contributed by atoms with van der Waals surface area (Å²) in [6.07, 6.45) is 2.92. The fourth-order valence-electron chi connectivity index (χ4n) is 2.75. The summed E-state index contributed by atoms with van der Waals surface area (Å²) in [5.74, 6) is -0.392. The number of hydrogen-bond acceptors (Lipinski definition) is 3. The molecule has 2 fully saturated rings. The lowest BCUT2D eigenvalue weighted by atomic mass is 9.74. The standard InChI is InChI=1S/C12H20O4/c1-2-9(13)7-12(11(14)15)5-6-16-10(12)8-3-4-8/h8-10,13H,2-7H2,1H3,(H,14,15). The molecule has 16 heavy (non-hydrogen) atoms. The first kappa shape index (κ1) is 11.9. The highest BCUT2D eigenvalue weighted by molar-refractivity contribution is 5.76. The zero-order chi connectivity index (χ0) is 11.8. The van der Waals surface area contributed by atoms with Crippen molar-refractivity contribution in [1.29, 1.82) is 0 Å². The van der Waals surface area contributed by atoms with Gasteiger partial charge >= 0.3 is 5.97 Å². The molecule has 92 valence electrons. The average Bonchev–Trinajstić information content (AvgIpc) is 3.00. The van der Waals surface area contributed by atoms with Crippen molar-refractivity contribution in [2.24, 2.45) is 11.3 Å². The van der Waals surface area contributed by atoms with Crippen LogP contribution in [0.1, 0.15) is 39.0 Å². The van der Waals surface area contributed by atoms with Crippen LogP contribution in [0.5, 0.6) is 0 Å².